The summed E-state index contributed by atoms with van der Waals surface area (Å²) in [5.41, 5.74) is -0.0219. The summed E-state index contributed by atoms with van der Waals surface area (Å²) in [5, 5.41) is 2.96. The number of benzene rings is 2. The van der Waals surface area contributed by atoms with Crippen LogP contribution in [0, 0.1) is 0 Å². The number of hydrogen-bond donors (Lipinski definition) is 1. The molecule has 1 N–H and O–H groups in total. The van der Waals surface area contributed by atoms with Crippen LogP contribution in [0.1, 0.15) is 31.1 Å². The summed E-state index contributed by atoms with van der Waals surface area (Å²) in [5.74, 6) is -1.05. The molecule has 2 aromatic carbocycles. The summed E-state index contributed by atoms with van der Waals surface area (Å²) in [6.07, 6.45) is 0. The van der Waals surface area contributed by atoms with Crippen molar-refractivity contribution in [3.05, 3.63) is 47.0 Å². The van der Waals surface area contributed by atoms with Crippen LogP contribution in [0.3, 0.4) is 0 Å². The molecular weight excluding hydrogens is 424 g/mol. The van der Waals surface area contributed by atoms with E-state index < -0.39 is 24.0 Å². The molecule has 8 nitrogen and oxygen atoms in total. The van der Waals surface area contributed by atoms with E-state index in [1.165, 1.54) is 24.1 Å². The molecule has 1 heterocycles. The number of amides is 2. The van der Waals surface area contributed by atoms with Crippen LogP contribution in [0.5, 0.6) is 11.5 Å². The molecule has 0 aromatic heterocycles. The molecule has 164 valence electrons. The van der Waals surface area contributed by atoms with E-state index in [0.29, 0.717) is 23.7 Å². The van der Waals surface area contributed by atoms with E-state index >= 15 is 0 Å². The molecule has 9 heteroatoms. The molecule has 0 saturated heterocycles. The Morgan fingerprint density at radius 3 is 2.58 bits per heavy atom. The molecule has 0 saturated carbocycles. The minimum absolute atomic E-state index is 0.106. The lowest BCUT2D eigenvalue weighted by Gasteiger charge is -2.41. The zero-order valence-electron chi connectivity index (χ0n) is 17.7. The topological polar surface area (TPSA) is 94.2 Å². The largest absolute Gasteiger partial charge is 0.493 e. The van der Waals surface area contributed by atoms with E-state index in [9.17, 15) is 14.4 Å². The van der Waals surface area contributed by atoms with Crippen LogP contribution >= 0.6 is 11.6 Å². The fourth-order valence-corrected chi connectivity index (χ4v) is 3.56. The Labute approximate surface area is 185 Å². The van der Waals surface area contributed by atoms with Crippen molar-refractivity contribution < 1.29 is 28.6 Å². The highest BCUT2D eigenvalue weighted by atomic mass is 35.5. The number of esters is 1. The van der Waals surface area contributed by atoms with Crippen LogP contribution < -0.4 is 19.7 Å². The average Bonchev–Trinajstić information content (AvgIpc) is 2.73. The number of carbonyl (C=O) groups is 3. The Bertz CT molecular complexity index is 1040. The van der Waals surface area contributed by atoms with Gasteiger partial charge in [0.1, 0.15) is 5.54 Å². The molecule has 0 bridgehead atoms. The lowest BCUT2D eigenvalue weighted by Crippen LogP contribution is -2.59. The Hall–Kier alpha value is -3.26. The first kappa shape index (κ1) is 22.4. The molecule has 2 amide bonds. The highest BCUT2D eigenvalue weighted by molar-refractivity contribution is 6.32. The van der Waals surface area contributed by atoms with Gasteiger partial charge in [0.15, 0.2) is 18.1 Å². The lowest BCUT2D eigenvalue weighted by molar-refractivity contribution is -0.128. The second-order valence-corrected chi connectivity index (χ2v) is 7.67. The van der Waals surface area contributed by atoms with Crippen LogP contribution in [-0.4, -0.2) is 43.6 Å². The van der Waals surface area contributed by atoms with Gasteiger partial charge in [-0.05, 0) is 45.0 Å². The number of methoxy groups -OCH3 is 1. The fourth-order valence-electron chi connectivity index (χ4n) is 3.30. The quantitative estimate of drug-likeness (QED) is 0.680. The normalized spacial score (nSPS) is 14.4. The van der Waals surface area contributed by atoms with E-state index in [1.54, 1.807) is 45.0 Å². The first-order chi connectivity index (χ1) is 14.7. The Balaban J connectivity index is 1.80. The van der Waals surface area contributed by atoms with Crippen molar-refractivity contribution >= 4 is 40.8 Å². The fraction of sp³-hybridized carbons (Fsp3) is 0.318. The molecule has 1 aliphatic heterocycles. The predicted molar refractivity (Wildman–Crippen MR) is 116 cm³/mol. The first-order valence-corrected chi connectivity index (χ1v) is 9.99. The van der Waals surface area contributed by atoms with Gasteiger partial charge >= 0.3 is 5.97 Å². The maximum atomic E-state index is 13.0. The molecule has 0 atom stereocenters. The highest BCUT2D eigenvalue weighted by Gasteiger charge is 2.43. The van der Waals surface area contributed by atoms with Crippen molar-refractivity contribution in [1.29, 1.82) is 0 Å². The molecule has 0 radical (unpaired) electrons. The summed E-state index contributed by atoms with van der Waals surface area (Å²) in [7, 11) is 1.42. The van der Waals surface area contributed by atoms with Crippen LogP contribution in [0.25, 0.3) is 0 Å². The molecule has 0 aliphatic carbocycles. The van der Waals surface area contributed by atoms with Crippen LogP contribution in [0.2, 0.25) is 5.02 Å². The van der Waals surface area contributed by atoms with Crippen LogP contribution in [0.15, 0.2) is 36.4 Å². The van der Waals surface area contributed by atoms with Gasteiger partial charge in [0.2, 0.25) is 5.91 Å². The Morgan fingerprint density at radius 1 is 1.19 bits per heavy atom. The van der Waals surface area contributed by atoms with Gasteiger partial charge in [-0.2, -0.15) is 0 Å². The number of fused-ring (bicyclic) bond motifs is 1. The van der Waals surface area contributed by atoms with Crippen LogP contribution in [-0.2, 0) is 14.3 Å². The average molecular weight is 447 g/mol. The van der Waals surface area contributed by atoms with Crippen LogP contribution in [0.4, 0.5) is 11.4 Å². The Kier molecular flexibility index (Phi) is 6.40. The third-order valence-corrected chi connectivity index (χ3v) is 5.12. The van der Waals surface area contributed by atoms with E-state index in [1.807, 2.05) is 0 Å². The molecule has 31 heavy (non-hydrogen) atoms. The van der Waals surface area contributed by atoms with Crippen molar-refractivity contribution in [2.45, 2.75) is 26.3 Å². The summed E-state index contributed by atoms with van der Waals surface area (Å²) in [4.78, 5) is 39.4. The van der Waals surface area contributed by atoms with Crippen molar-refractivity contribution in [3.63, 3.8) is 0 Å². The molecular formula is C22H23ClN2O6. The third-order valence-electron chi connectivity index (χ3n) is 4.84. The standard InChI is InChI=1S/C22H23ClN2O6/c1-5-30-19-14(23)10-13(11-17(19)29-4)20(27)31-12-18(26)25-16-9-7-6-8-15(16)24-21(28)22(25,2)3/h6-11H,5,12H2,1-4H3,(H,24,28). The van der Waals surface area contributed by atoms with Crippen molar-refractivity contribution in [1.82, 2.24) is 0 Å². The summed E-state index contributed by atoms with van der Waals surface area (Å²) in [6.45, 7) is 4.85. The number of anilines is 2. The number of rotatable bonds is 6. The van der Waals surface area contributed by atoms with E-state index in [-0.39, 0.29) is 22.2 Å². The van der Waals surface area contributed by atoms with Gasteiger partial charge in [-0.3, -0.25) is 14.5 Å². The number of halogens is 1. The minimum atomic E-state index is -1.16. The van der Waals surface area contributed by atoms with Gasteiger partial charge in [0.05, 0.1) is 35.7 Å². The lowest BCUT2D eigenvalue weighted by atomic mass is 9.96. The number of para-hydroxylation sites is 2. The molecule has 1 aliphatic rings. The highest BCUT2D eigenvalue weighted by Crippen LogP contribution is 2.38. The second-order valence-electron chi connectivity index (χ2n) is 7.26. The monoisotopic (exact) mass is 446 g/mol. The molecule has 3 rings (SSSR count). The second kappa shape index (κ2) is 8.85. The number of nitrogens with zero attached hydrogens (tertiary/aromatic N) is 1. The van der Waals surface area contributed by atoms with Gasteiger partial charge in [-0.15, -0.1) is 0 Å². The molecule has 0 fully saturated rings. The van der Waals surface area contributed by atoms with Gasteiger partial charge in [-0.25, -0.2) is 4.79 Å². The van der Waals surface area contributed by atoms with Crippen molar-refractivity contribution in [2.75, 3.05) is 30.5 Å². The molecule has 2 aromatic rings. The minimum Gasteiger partial charge on any atom is -0.493 e. The van der Waals surface area contributed by atoms with Gasteiger partial charge in [-0.1, -0.05) is 23.7 Å². The molecule has 0 spiro atoms. The van der Waals surface area contributed by atoms with E-state index in [2.05, 4.69) is 5.32 Å². The number of ether oxygens (including phenoxy) is 3. The summed E-state index contributed by atoms with van der Waals surface area (Å²) in [6, 6.07) is 9.74. The maximum Gasteiger partial charge on any atom is 0.338 e. The van der Waals surface area contributed by atoms with Crippen molar-refractivity contribution in [3.8, 4) is 11.5 Å². The SMILES string of the molecule is CCOc1c(Cl)cc(C(=O)OCC(=O)N2c3ccccc3NC(=O)C2(C)C)cc1OC. The maximum absolute atomic E-state index is 13.0. The Morgan fingerprint density at radius 2 is 1.90 bits per heavy atom. The third kappa shape index (κ3) is 4.29. The van der Waals surface area contributed by atoms with Gasteiger partial charge in [0, 0.05) is 0 Å². The zero-order valence-corrected chi connectivity index (χ0v) is 18.4. The van der Waals surface area contributed by atoms with E-state index in [0.717, 1.165) is 0 Å². The zero-order chi connectivity index (χ0) is 22.8. The van der Waals surface area contributed by atoms with Gasteiger partial charge < -0.3 is 19.5 Å². The summed E-state index contributed by atoms with van der Waals surface area (Å²) >= 11 is 6.20. The van der Waals surface area contributed by atoms with Gasteiger partial charge in [0.25, 0.3) is 5.91 Å². The molecule has 0 unspecified atom stereocenters. The number of hydrogen-bond acceptors (Lipinski definition) is 6. The number of carbonyl (C=O) groups excluding carboxylic acids is 3. The van der Waals surface area contributed by atoms with E-state index in [4.69, 9.17) is 25.8 Å². The first-order valence-electron chi connectivity index (χ1n) is 9.61. The predicted octanol–water partition coefficient (Wildman–Crippen LogP) is 3.67. The van der Waals surface area contributed by atoms with Crippen molar-refractivity contribution in [2.24, 2.45) is 0 Å². The smallest absolute Gasteiger partial charge is 0.338 e. The number of nitrogens with one attached hydrogen (secondary N) is 1. The summed E-state index contributed by atoms with van der Waals surface area (Å²) < 4.78 is 15.9.